The van der Waals surface area contributed by atoms with Crippen molar-refractivity contribution in [2.24, 2.45) is 4.99 Å². The molecule has 0 aliphatic carbocycles. The number of aliphatic imine (C=N–C) groups is 1. The van der Waals surface area contributed by atoms with Crippen LogP contribution in [0, 0.1) is 0 Å². The van der Waals surface area contributed by atoms with Gasteiger partial charge in [-0.3, -0.25) is 4.79 Å². The first-order chi connectivity index (χ1) is 12.7. The molecule has 26 heavy (non-hydrogen) atoms. The van der Waals surface area contributed by atoms with Gasteiger partial charge in [-0.15, -0.1) is 0 Å². The summed E-state index contributed by atoms with van der Waals surface area (Å²) < 4.78 is 16.1. The van der Waals surface area contributed by atoms with Crippen molar-refractivity contribution in [3.05, 3.63) is 52.9 Å². The molecular formula is C19H18N2O4S. The fourth-order valence-corrected chi connectivity index (χ4v) is 3.31. The lowest BCUT2D eigenvalue weighted by Crippen LogP contribution is -2.19. The number of benzene rings is 2. The van der Waals surface area contributed by atoms with Gasteiger partial charge in [-0.25, -0.2) is 4.99 Å². The number of methoxy groups -OCH3 is 3. The molecule has 0 unspecified atom stereocenters. The fraction of sp³-hybridized carbons (Fsp3) is 0.158. The molecule has 6 nitrogen and oxygen atoms in total. The van der Waals surface area contributed by atoms with Gasteiger partial charge in [0.05, 0.1) is 31.9 Å². The van der Waals surface area contributed by atoms with Crippen molar-refractivity contribution in [2.75, 3.05) is 21.3 Å². The Morgan fingerprint density at radius 1 is 0.962 bits per heavy atom. The minimum Gasteiger partial charge on any atom is -0.493 e. The van der Waals surface area contributed by atoms with Crippen LogP contribution in [0.4, 0.5) is 5.69 Å². The zero-order chi connectivity index (χ0) is 18.5. The maximum Gasteiger partial charge on any atom is 0.264 e. The van der Waals surface area contributed by atoms with Crippen molar-refractivity contribution in [3.8, 4) is 17.2 Å². The summed E-state index contributed by atoms with van der Waals surface area (Å²) >= 11 is 1.27. The molecule has 0 aromatic heterocycles. The van der Waals surface area contributed by atoms with Gasteiger partial charge in [0.1, 0.15) is 0 Å². The number of ether oxygens (including phenoxy) is 3. The zero-order valence-electron chi connectivity index (χ0n) is 14.6. The molecule has 1 saturated heterocycles. The molecule has 3 rings (SSSR count). The van der Waals surface area contributed by atoms with Gasteiger partial charge in [-0.1, -0.05) is 18.2 Å². The second-order valence-corrected chi connectivity index (χ2v) is 6.27. The summed E-state index contributed by atoms with van der Waals surface area (Å²) in [7, 11) is 4.64. The van der Waals surface area contributed by atoms with Crippen molar-refractivity contribution < 1.29 is 19.0 Å². The maximum absolute atomic E-state index is 12.3. The number of amides is 1. The molecule has 134 valence electrons. The first kappa shape index (κ1) is 17.9. The Bertz CT molecular complexity index is 879. The van der Waals surface area contributed by atoms with Gasteiger partial charge in [0.2, 0.25) is 5.75 Å². The van der Waals surface area contributed by atoms with Gasteiger partial charge in [-0.05, 0) is 42.1 Å². The number of carbonyl (C=O) groups is 1. The average molecular weight is 370 g/mol. The van der Waals surface area contributed by atoms with Crippen LogP contribution < -0.4 is 19.5 Å². The lowest BCUT2D eigenvalue weighted by atomic mass is 10.1. The highest BCUT2D eigenvalue weighted by molar-refractivity contribution is 8.18. The molecule has 0 atom stereocenters. The number of rotatable bonds is 5. The number of hydrogen-bond donors (Lipinski definition) is 1. The van der Waals surface area contributed by atoms with Gasteiger partial charge in [0, 0.05) is 5.56 Å². The quantitative estimate of drug-likeness (QED) is 0.815. The zero-order valence-corrected chi connectivity index (χ0v) is 15.4. The Balaban J connectivity index is 1.93. The number of para-hydroxylation sites is 1. The summed E-state index contributed by atoms with van der Waals surface area (Å²) in [6, 6.07) is 13.0. The molecule has 1 amide bonds. The van der Waals surface area contributed by atoms with Crippen molar-refractivity contribution >= 4 is 34.6 Å². The molecule has 2 aromatic rings. The van der Waals surface area contributed by atoms with Crippen LogP contribution in [0.1, 0.15) is 5.56 Å². The molecule has 7 heteroatoms. The monoisotopic (exact) mass is 370 g/mol. The van der Waals surface area contributed by atoms with E-state index in [1.165, 1.54) is 11.8 Å². The SMILES string of the molecule is COc1ccc(C=C2SC(=Nc3ccccc3)NC2=O)c(OC)c1OC. The molecule has 2 aromatic carbocycles. The Labute approximate surface area is 155 Å². The van der Waals surface area contributed by atoms with Crippen LogP contribution in [0.2, 0.25) is 0 Å². The van der Waals surface area contributed by atoms with Crippen LogP contribution in [0.15, 0.2) is 52.4 Å². The van der Waals surface area contributed by atoms with E-state index in [0.29, 0.717) is 32.9 Å². The highest BCUT2D eigenvalue weighted by Gasteiger charge is 2.25. The van der Waals surface area contributed by atoms with Gasteiger partial charge in [-0.2, -0.15) is 0 Å². The normalized spacial score (nSPS) is 16.7. The van der Waals surface area contributed by atoms with Gasteiger partial charge >= 0.3 is 0 Å². The Hall–Kier alpha value is -2.93. The van der Waals surface area contributed by atoms with Crippen LogP contribution in [0.25, 0.3) is 6.08 Å². The van der Waals surface area contributed by atoms with E-state index in [9.17, 15) is 4.79 Å². The second kappa shape index (κ2) is 7.97. The summed E-state index contributed by atoms with van der Waals surface area (Å²) in [6.45, 7) is 0. The predicted molar refractivity (Wildman–Crippen MR) is 103 cm³/mol. The number of nitrogens with one attached hydrogen (secondary N) is 1. The largest absolute Gasteiger partial charge is 0.493 e. The van der Waals surface area contributed by atoms with E-state index in [1.54, 1.807) is 33.5 Å². The second-order valence-electron chi connectivity index (χ2n) is 5.24. The average Bonchev–Trinajstić information content (AvgIpc) is 3.00. The number of carbonyl (C=O) groups excluding carboxylic acids is 1. The van der Waals surface area contributed by atoms with E-state index in [-0.39, 0.29) is 5.91 Å². The van der Waals surface area contributed by atoms with Gasteiger partial charge < -0.3 is 19.5 Å². The Kier molecular flexibility index (Phi) is 5.48. The van der Waals surface area contributed by atoms with Crippen molar-refractivity contribution in [1.29, 1.82) is 0 Å². The van der Waals surface area contributed by atoms with E-state index in [0.717, 1.165) is 5.69 Å². The minimum absolute atomic E-state index is 0.207. The van der Waals surface area contributed by atoms with E-state index in [1.807, 2.05) is 36.4 Å². The lowest BCUT2D eigenvalue weighted by molar-refractivity contribution is -0.115. The van der Waals surface area contributed by atoms with E-state index < -0.39 is 0 Å². The third-order valence-corrected chi connectivity index (χ3v) is 4.57. The van der Waals surface area contributed by atoms with E-state index >= 15 is 0 Å². The molecule has 0 radical (unpaired) electrons. The smallest absolute Gasteiger partial charge is 0.264 e. The summed E-state index contributed by atoms with van der Waals surface area (Å²) in [5, 5.41) is 3.30. The number of thioether (sulfide) groups is 1. The molecule has 1 heterocycles. The first-order valence-corrected chi connectivity index (χ1v) is 8.61. The number of amidine groups is 1. The topological polar surface area (TPSA) is 69.2 Å². The lowest BCUT2D eigenvalue weighted by Gasteiger charge is -2.14. The van der Waals surface area contributed by atoms with Gasteiger partial charge in [0.25, 0.3) is 5.91 Å². The summed E-state index contributed by atoms with van der Waals surface area (Å²) in [5.41, 5.74) is 1.49. The summed E-state index contributed by atoms with van der Waals surface area (Å²) in [4.78, 5) is 17.2. The van der Waals surface area contributed by atoms with Crippen molar-refractivity contribution in [3.63, 3.8) is 0 Å². The van der Waals surface area contributed by atoms with Crippen LogP contribution in [0.3, 0.4) is 0 Å². The molecule has 1 aliphatic heterocycles. The van der Waals surface area contributed by atoms with E-state index in [2.05, 4.69) is 10.3 Å². The van der Waals surface area contributed by atoms with Crippen LogP contribution in [-0.4, -0.2) is 32.4 Å². The maximum atomic E-state index is 12.3. The molecular weight excluding hydrogens is 352 g/mol. The van der Waals surface area contributed by atoms with Crippen LogP contribution >= 0.6 is 11.8 Å². The highest BCUT2D eigenvalue weighted by Crippen LogP contribution is 2.41. The number of hydrogen-bond acceptors (Lipinski definition) is 6. The number of nitrogens with zero attached hydrogens (tertiary/aromatic N) is 1. The van der Waals surface area contributed by atoms with Crippen LogP contribution in [0.5, 0.6) is 17.2 Å². The van der Waals surface area contributed by atoms with Gasteiger partial charge in [0.15, 0.2) is 16.7 Å². The molecule has 0 saturated carbocycles. The molecule has 1 aliphatic rings. The molecule has 1 N–H and O–H groups in total. The third kappa shape index (κ3) is 3.67. The molecule has 0 bridgehead atoms. The summed E-state index contributed by atoms with van der Waals surface area (Å²) in [5.74, 6) is 1.33. The van der Waals surface area contributed by atoms with Crippen molar-refractivity contribution in [2.45, 2.75) is 0 Å². The predicted octanol–water partition coefficient (Wildman–Crippen LogP) is 3.60. The molecule has 1 fully saturated rings. The fourth-order valence-electron chi connectivity index (χ4n) is 2.48. The van der Waals surface area contributed by atoms with Crippen molar-refractivity contribution in [1.82, 2.24) is 5.32 Å². The Morgan fingerprint density at radius 2 is 1.69 bits per heavy atom. The Morgan fingerprint density at radius 3 is 2.35 bits per heavy atom. The standard InChI is InChI=1S/C19H18N2O4S/c1-23-14-10-9-12(16(24-2)17(14)25-3)11-15-18(22)21-19(26-15)20-13-7-5-4-6-8-13/h4-11H,1-3H3,(H,20,21,22). The third-order valence-electron chi connectivity index (χ3n) is 3.66. The first-order valence-electron chi connectivity index (χ1n) is 7.80. The molecule has 0 spiro atoms. The summed E-state index contributed by atoms with van der Waals surface area (Å²) in [6.07, 6.45) is 1.74. The van der Waals surface area contributed by atoms with E-state index in [4.69, 9.17) is 14.2 Å². The highest BCUT2D eigenvalue weighted by atomic mass is 32.2. The van der Waals surface area contributed by atoms with Crippen LogP contribution in [-0.2, 0) is 4.79 Å². The minimum atomic E-state index is -0.207.